The van der Waals surface area contributed by atoms with Crippen LogP contribution in [0.2, 0.25) is 0 Å². The third kappa shape index (κ3) is 4.39. The van der Waals surface area contributed by atoms with Crippen molar-refractivity contribution in [2.24, 2.45) is 11.8 Å². The number of likely N-dealkylation sites (tertiary alicyclic amines) is 1. The summed E-state index contributed by atoms with van der Waals surface area (Å²) >= 11 is 0. The largest absolute Gasteiger partial charge is 0.493 e. The van der Waals surface area contributed by atoms with Crippen molar-refractivity contribution < 1.29 is 23.8 Å². The first-order chi connectivity index (χ1) is 12.4. The molecule has 0 spiro atoms. The van der Waals surface area contributed by atoms with Crippen molar-refractivity contribution in [2.75, 3.05) is 39.7 Å². The molecule has 1 saturated heterocycles. The van der Waals surface area contributed by atoms with Crippen molar-refractivity contribution in [3.05, 3.63) is 12.1 Å². The molecule has 2 rings (SSSR count). The second-order valence-electron chi connectivity index (χ2n) is 6.68. The molecule has 0 radical (unpaired) electrons. The molecule has 1 aromatic rings. The Morgan fingerprint density at radius 3 is 2.23 bits per heavy atom. The van der Waals surface area contributed by atoms with Gasteiger partial charge in [-0.15, -0.1) is 0 Å². The summed E-state index contributed by atoms with van der Waals surface area (Å²) in [6.45, 7) is 4.92. The highest BCUT2D eigenvalue weighted by Crippen LogP contribution is 2.40. The van der Waals surface area contributed by atoms with Gasteiger partial charge in [-0.05, 0) is 12.8 Å². The van der Waals surface area contributed by atoms with Crippen molar-refractivity contribution in [2.45, 2.75) is 26.7 Å². The quantitative estimate of drug-likeness (QED) is 0.839. The van der Waals surface area contributed by atoms with Gasteiger partial charge in [0.15, 0.2) is 11.5 Å². The van der Waals surface area contributed by atoms with Crippen LogP contribution in [0.25, 0.3) is 0 Å². The molecule has 0 aliphatic carbocycles. The van der Waals surface area contributed by atoms with Gasteiger partial charge in [0.2, 0.25) is 17.6 Å². The van der Waals surface area contributed by atoms with Crippen molar-refractivity contribution in [3.8, 4) is 17.2 Å². The van der Waals surface area contributed by atoms with Gasteiger partial charge in [-0.25, -0.2) is 0 Å². The van der Waals surface area contributed by atoms with Crippen molar-refractivity contribution in [3.63, 3.8) is 0 Å². The van der Waals surface area contributed by atoms with Gasteiger partial charge in [-0.3, -0.25) is 9.59 Å². The number of carbonyl (C=O) groups excluding carboxylic acids is 2. The summed E-state index contributed by atoms with van der Waals surface area (Å²) in [7, 11) is 4.58. The molecule has 1 atom stereocenters. The molecular formula is C19H28N2O5. The van der Waals surface area contributed by atoms with E-state index in [1.165, 1.54) is 21.3 Å². The number of piperidine rings is 1. The monoisotopic (exact) mass is 364 g/mol. The van der Waals surface area contributed by atoms with E-state index in [4.69, 9.17) is 14.2 Å². The van der Waals surface area contributed by atoms with E-state index >= 15 is 0 Å². The second kappa shape index (κ2) is 8.78. The van der Waals surface area contributed by atoms with Crippen LogP contribution in [0.4, 0.5) is 5.69 Å². The number of amides is 2. The van der Waals surface area contributed by atoms with Gasteiger partial charge < -0.3 is 24.4 Å². The first kappa shape index (κ1) is 19.9. The molecule has 1 heterocycles. The van der Waals surface area contributed by atoms with Crippen molar-refractivity contribution in [1.82, 2.24) is 4.90 Å². The van der Waals surface area contributed by atoms with E-state index < -0.39 is 0 Å². The highest BCUT2D eigenvalue weighted by Gasteiger charge is 2.29. The molecule has 7 heteroatoms. The molecule has 0 aromatic heterocycles. The number of nitrogens with zero attached hydrogens (tertiary/aromatic N) is 1. The van der Waals surface area contributed by atoms with Crippen LogP contribution < -0.4 is 19.5 Å². The van der Waals surface area contributed by atoms with E-state index in [1.54, 1.807) is 17.0 Å². The fourth-order valence-electron chi connectivity index (χ4n) is 3.15. The SMILES string of the molecule is COc1cc(NC(=O)C2CCCN(C(=O)C(C)C)C2)cc(OC)c1OC. The summed E-state index contributed by atoms with van der Waals surface area (Å²) in [5, 5.41) is 2.91. The zero-order valence-corrected chi connectivity index (χ0v) is 16.1. The van der Waals surface area contributed by atoms with Crippen LogP contribution in [0.5, 0.6) is 17.2 Å². The summed E-state index contributed by atoms with van der Waals surface area (Å²) in [5.74, 6) is 1.11. The summed E-state index contributed by atoms with van der Waals surface area (Å²) in [6, 6.07) is 3.39. The van der Waals surface area contributed by atoms with E-state index in [-0.39, 0.29) is 23.7 Å². The summed E-state index contributed by atoms with van der Waals surface area (Å²) < 4.78 is 15.9. The Balaban J connectivity index is 2.13. The Labute approximate surface area is 154 Å². The standard InChI is InChI=1S/C19H28N2O5/c1-12(2)19(23)21-8-6-7-13(11-21)18(22)20-14-9-15(24-3)17(26-5)16(10-14)25-4/h9-10,12-13H,6-8,11H2,1-5H3,(H,20,22). The number of hydrogen-bond donors (Lipinski definition) is 1. The number of carbonyl (C=O) groups is 2. The van der Waals surface area contributed by atoms with Crippen LogP contribution in [0.1, 0.15) is 26.7 Å². The maximum absolute atomic E-state index is 12.7. The van der Waals surface area contributed by atoms with Crippen molar-refractivity contribution in [1.29, 1.82) is 0 Å². The third-order valence-electron chi connectivity index (χ3n) is 4.53. The van der Waals surface area contributed by atoms with E-state index in [9.17, 15) is 9.59 Å². The lowest BCUT2D eigenvalue weighted by Crippen LogP contribution is -2.45. The van der Waals surface area contributed by atoms with Gasteiger partial charge in [0, 0.05) is 36.8 Å². The molecule has 1 aromatic carbocycles. The highest BCUT2D eigenvalue weighted by atomic mass is 16.5. The molecule has 26 heavy (non-hydrogen) atoms. The van der Waals surface area contributed by atoms with E-state index in [0.717, 1.165) is 12.8 Å². The number of methoxy groups -OCH3 is 3. The molecule has 0 saturated carbocycles. The third-order valence-corrected chi connectivity index (χ3v) is 4.53. The van der Waals surface area contributed by atoms with Crippen LogP contribution in [-0.2, 0) is 9.59 Å². The minimum absolute atomic E-state index is 0.0630. The Bertz CT molecular complexity index is 634. The van der Waals surface area contributed by atoms with Crippen LogP contribution in [0.15, 0.2) is 12.1 Å². The molecule has 1 aliphatic heterocycles. The van der Waals surface area contributed by atoms with Crippen LogP contribution in [0.3, 0.4) is 0 Å². The summed E-state index contributed by atoms with van der Waals surface area (Å²) in [6.07, 6.45) is 1.59. The predicted molar refractivity (Wildman–Crippen MR) is 98.9 cm³/mol. The zero-order chi connectivity index (χ0) is 19.3. The van der Waals surface area contributed by atoms with Crippen LogP contribution in [0, 0.1) is 11.8 Å². The Morgan fingerprint density at radius 1 is 1.12 bits per heavy atom. The molecule has 1 unspecified atom stereocenters. The fraction of sp³-hybridized carbons (Fsp3) is 0.579. The number of ether oxygens (including phenoxy) is 3. The molecule has 1 aliphatic rings. The number of benzene rings is 1. The number of rotatable bonds is 6. The average molecular weight is 364 g/mol. The predicted octanol–water partition coefficient (Wildman–Crippen LogP) is 2.55. The number of nitrogens with one attached hydrogen (secondary N) is 1. The first-order valence-electron chi connectivity index (χ1n) is 8.80. The van der Waals surface area contributed by atoms with Gasteiger partial charge in [-0.2, -0.15) is 0 Å². The average Bonchev–Trinajstić information content (AvgIpc) is 2.66. The van der Waals surface area contributed by atoms with Gasteiger partial charge in [0.1, 0.15) is 0 Å². The van der Waals surface area contributed by atoms with Gasteiger partial charge in [0.25, 0.3) is 0 Å². The van der Waals surface area contributed by atoms with Gasteiger partial charge in [0.05, 0.1) is 27.2 Å². The molecule has 1 fully saturated rings. The lowest BCUT2D eigenvalue weighted by atomic mass is 9.96. The molecular weight excluding hydrogens is 336 g/mol. The van der Waals surface area contributed by atoms with Crippen LogP contribution >= 0.6 is 0 Å². The van der Waals surface area contributed by atoms with Crippen molar-refractivity contribution >= 4 is 17.5 Å². The Kier molecular flexibility index (Phi) is 6.71. The molecule has 0 bridgehead atoms. The number of hydrogen-bond acceptors (Lipinski definition) is 5. The highest BCUT2D eigenvalue weighted by molar-refractivity contribution is 5.94. The Hall–Kier alpha value is -2.44. The maximum atomic E-state index is 12.7. The molecule has 1 N–H and O–H groups in total. The fourth-order valence-corrected chi connectivity index (χ4v) is 3.15. The van der Waals surface area contributed by atoms with Gasteiger partial charge >= 0.3 is 0 Å². The minimum Gasteiger partial charge on any atom is -0.493 e. The smallest absolute Gasteiger partial charge is 0.229 e. The lowest BCUT2D eigenvalue weighted by molar-refractivity contribution is -0.137. The van der Waals surface area contributed by atoms with E-state index in [1.807, 2.05) is 13.8 Å². The zero-order valence-electron chi connectivity index (χ0n) is 16.1. The second-order valence-corrected chi connectivity index (χ2v) is 6.68. The summed E-state index contributed by atoms with van der Waals surface area (Å²) in [5.41, 5.74) is 0.566. The normalized spacial score (nSPS) is 17.0. The number of anilines is 1. The van der Waals surface area contributed by atoms with E-state index in [0.29, 0.717) is 36.0 Å². The van der Waals surface area contributed by atoms with E-state index in [2.05, 4.69) is 5.32 Å². The topological polar surface area (TPSA) is 77.1 Å². The Morgan fingerprint density at radius 2 is 1.73 bits per heavy atom. The summed E-state index contributed by atoms with van der Waals surface area (Å²) in [4.78, 5) is 26.7. The maximum Gasteiger partial charge on any atom is 0.229 e. The first-order valence-corrected chi connectivity index (χ1v) is 8.80. The molecule has 144 valence electrons. The lowest BCUT2D eigenvalue weighted by Gasteiger charge is -2.33. The molecule has 2 amide bonds. The minimum atomic E-state index is -0.231. The van der Waals surface area contributed by atoms with Crippen LogP contribution in [-0.4, -0.2) is 51.1 Å². The van der Waals surface area contributed by atoms with Gasteiger partial charge in [-0.1, -0.05) is 13.8 Å². The molecule has 7 nitrogen and oxygen atoms in total.